The van der Waals surface area contributed by atoms with Gasteiger partial charge in [-0.15, -0.1) is 0 Å². The monoisotopic (exact) mass is 293 g/mol. The molecule has 0 radical (unpaired) electrons. The van der Waals surface area contributed by atoms with E-state index in [1.54, 1.807) is 11.9 Å². The van der Waals surface area contributed by atoms with E-state index in [1.165, 1.54) is 6.08 Å². The number of carbonyl (C=O) groups excluding carboxylic acids is 3. The van der Waals surface area contributed by atoms with Crippen LogP contribution in [0.25, 0.3) is 0 Å². The minimum atomic E-state index is -0.771. The highest BCUT2D eigenvalue weighted by Crippen LogP contribution is 2.29. The average Bonchev–Trinajstić information content (AvgIpc) is 2.45. The van der Waals surface area contributed by atoms with Crippen molar-refractivity contribution in [2.24, 2.45) is 5.92 Å². The van der Waals surface area contributed by atoms with Gasteiger partial charge in [0.1, 0.15) is 5.54 Å². The van der Waals surface area contributed by atoms with Crippen molar-refractivity contribution in [3.63, 3.8) is 0 Å². The van der Waals surface area contributed by atoms with Gasteiger partial charge in [-0.05, 0) is 18.9 Å². The SMILES string of the molecule is C=CC(=O)N1CC(C(=O)NC2(C(=O)NC)CCCCC2)C1. The van der Waals surface area contributed by atoms with Gasteiger partial charge in [0.05, 0.1) is 5.92 Å². The maximum absolute atomic E-state index is 12.3. The molecule has 0 atom stereocenters. The number of hydrogen-bond acceptors (Lipinski definition) is 3. The largest absolute Gasteiger partial charge is 0.357 e. The van der Waals surface area contributed by atoms with Gasteiger partial charge in [0.25, 0.3) is 0 Å². The molecule has 21 heavy (non-hydrogen) atoms. The van der Waals surface area contributed by atoms with Gasteiger partial charge in [0.15, 0.2) is 0 Å². The molecule has 0 spiro atoms. The van der Waals surface area contributed by atoms with Crippen molar-refractivity contribution in [3.8, 4) is 0 Å². The summed E-state index contributed by atoms with van der Waals surface area (Å²) in [5, 5.41) is 5.61. The van der Waals surface area contributed by atoms with Crippen molar-refractivity contribution in [3.05, 3.63) is 12.7 Å². The molecule has 0 aromatic heterocycles. The molecule has 2 N–H and O–H groups in total. The Labute approximate surface area is 124 Å². The molecule has 2 fully saturated rings. The fraction of sp³-hybridized carbons (Fsp3) is 0.667. The lowest BCUT2D eigenvalue weighted by molar-refractivity contribution is -0.144. The molecule has 1 aliphatic heterocycles. The number of carbonyl (C=O) groups is 3. The minimum absolute atomic E-state index is 0.117. The van der Waals surface area contributed by atoms with E-state index in [4.69, 9.17) is 0 Å². The zero-order valence-corrected chi connectivity index (χ0v) is 12.5. The molecule has 0 unspecified atom stereocenters. The smallest absolute Gasteiger partial charge is 0.246 e. The van der Waals surface area contributed by atoms with Crippen LogP contribution in [0.4, 0.5) is 0 Å². The maximum Gasteiger partial charge on any atom is 0.246 e. The van der Waals surface area contributed by atoms with Gasteiger partial charge >= 0.3 is 0 Å². The Hall–Kier alpha value is -1.85. The van der Waals surface area contributed by atoms with Crippen molar-refractivity contribution in [1.29, 1.82) is 0 Å². The molecule has 116 valence electrons. The van der Waals surface area contributed by atoms with E-state index in [0.29, 0.717) is 25.9 Å². The van der Waals surface area contributed by atoms with E-state index in [1.807, 2.05) is 0 Å². The van der Waals surface area contributed by atoms with Crippen LogP contribution in [0.3, 0.4) is 0 Å². The molecule has 1 heterocycles. The van der Waals surface area contributed by atoms with Crippen molar-refractivity contribution in [2.75, 3.05) is 20.1 Å². The van der Waals surface area contributed by atoms with Crippen molar-refractivity contribution >= 4 is 17.7 Å². The summed E-state index contributed by atoms with van der Waals surface area (Å²) in [6.07, 6.45) is 5.60. The lowest BCUT2D eigenvalue weighted by Gasteiger charge is -2.41. The Balaban J connectivity index is 1.95. The van der Waals surface area contributed by atoms with Crippen LogP contribution < -0.4 is 10.6 Å². The van der Waals surface area contributed by atoms with E-state index in [9.17, 15) is 14.4 Å². The zero-order valence-electron chi connectivity index (χ0n) is 12.5. The first-order chi connectivity index (χ1) is 10.0. The van der Waals surface area contributed by atoms with Crippen molar-refractivity contribution in [2.45, 2.75) is 37.6 Å². The van der Waals surface area contributed by atoms with E-state index in [-0.39, 0.29) is 23.6 Å². The van der Waals surface area contributed by atoms with Crippen LogP contribution in [0.1, 0.15) is 32.1 Å². The summed E-state index contributed by atoms with van der Waals surface area (Å²) in [6.45, 7) is 4.23. The first-order valence-electron chi connectivity index (χ1n) is 7.48. The van der Waals surface area contributed by atoms with Crippen LogP contribution in [0.2, 0.25) is 0 Å². The van der Waals surface area contributed by atoms with Gasteiger partial charge < -0.3 is 15.5 Å². The molecule has 1 saturated carbocycles. The van der Waals surface area contributed by atoms with Crippen LogP contribution in [0.15, 0.2) is 12.7 Å². The summed E-state index contributed by atoms with van der Waals surface area (Å²) < 4.78 is 0. The number of rotatable bonds is 4. The quantitative estimate of drug-likeness (QED) is 0.727. The van der Waals surface area contributed by atoms with Crippen molar-refractivity contribution in [1.82, 2.24) is 15.5 Å². The van der Waals surface area contributed by atoms with Crippen LogP contribution in [0.5, 0.6) is 0 Å². The van der Waals surface area contributed by atoms with Gasteiger partial charge in [-0.1, -0.05) is 25.8 Å². The molecule has 6 nitrogen and oxygen atoms in total. The Bertz CT molecular complexity index is 449. The number of nitrogens with one attached hydrogen (secondary N) is 2. The second kappa shape index (κ2) is 6.28. The topological polar surface area (TPSA) is 78.5 Å². The first-order valence-corrected chi connectivity index (χ1v) is 7.48. The number of nitrogens with zero attached hydrogens (tertiary/aromatic N) is 1. The Kier molecular flexibility index (Phi) is 4.65. The standard InChI is InChI=1S/C15H23N3O3/c1-3-12(19)18-9-11(10-18)13(20)17-15(14(21)16-2)7-5-4-6-8-15/h3,11H,1,4-10H2,2H3,(H,16,21)(H,17,20). The normalized spacial score (nSPS) is 21.1. The third-order valence-electron chi connectivity index (χ3n) is 4.47. The molecule has 1 aliphatic carbocycles. The molecular weight excluding hydrogens is 270 g/mol. The summed E-state index contributed by atoms with van der Waals surface area (Å²) in [5.74, 6) is -0.627. The average molecular weight is 293 g/mol. The van der Waals surface area contributed by atoms with Gasteiger partial charge in [-0.3, -0.25) is 14.4 Å². The van der Waals surface area contributed by atoms with Crippen LogP contribution in [-0.2, 0) is 14.4 Å². The Morgan fingerprint density at radius 3 is 2.33 bits per heavy atom. The van der Waals surface area contributed by atoms with E-state index in [0.717, 1.165) is 19.3 Å². The second-order valence-corrected chi connectivity index (χ2v) is 5.86. The second-order valence-electron chi connectivity index (χ2n) is 5.86. The van der Waals surface area contributed by atoms with Gasteiger partial charge in [0, 0.05) is 20.1 Å². The zero-order chi connectivity index (χ0) is 15.5. The number of hydrogen-bond donors (Lipinski definition) is 2. The molecule has 0 aromatic rings. The fourth-order valence-corrected chi connectivity index (χ4v) is 3.09. The van der Waals surface area contributed by atoms with E-state index >= 15 is 0 Å². The van der Waals surface area contributed by atoms with Crippen LogP contribution >= 0.6 is 0 Å². The summed E-state index contributed by atoms with van der Waals surface area (Å²) >= 11 is 0. The maximum atomic E-state index is 12.3. The predicted molar refractivity (Wildman–Crippen MR) is 78.3 cm³/mol. The summed E-state index contributed by atoms with van der Waals surface area (Å²) in [6, 6.07) is 0. The highest BCUT2D eigenvalue weighted by Gasteiger charge is 2.43. The lowest BCUT2D eigenvalue weighted by Crippen LogP contribution is -2.64. The molecule has 1 saturated heterocycles. The molecule has 2 rings (SSSR count). The Morgan fingerprint density at radius 2 is 1.81 bits per heavy atom. The molecule has 2 aliphatic rings. The van der Waals surface area contributed by atoms with Crippen molar-refractivity contribution < 1.29 is 14.4 Å². The lowest BCUT2D eigenvalue weighted by atomic mass is 9.80. The number of likely N-dealkylation sites (tertiary alicyclic amines) is 1. The highest BCUT2D eigenvalue weighted by atomic mass is 16.2. The number of likely N-dealkylation sites (N-methyl/N-ethyl adjacent to an activating group) is 1. The molecule has 0 aromatic carbocycles. The summed E-state index contributed by atoms with van der Waals surface area (Å²) in [7, 11) is 1.60. The third kappa shape index (κ3) is 3.09. The molecule has 0 bridgehead atoms. The van der Waals surface area contributed by atoms with E-state index in [2.05, 4.69) is 17.2 Å². The molecule has 3 amide bonds. The first kappa shape index (κ1) is 15.5. The molecular formula is C15H23N3O3. The van der Waals surface area contributed by atoms with Gasteiger partial charge in [-0.2, -0.15) is 0 Å². The van der Waals surface area contributed by atoms with Gasteiger partial charge in [0.2, 0.25) is 17.7 Å². The highest BCUT2D eigenvalue weighted by molar-refractivity contribution is 5.94. The Morgan fingerprint density at radius 1 is 1.19 bits per heavy atom. The predicted octanol–water partition coefficient (Wildman–Crippen LogP) is 0.196. The summed E-state index contributed by atoms with van der Waals surface area (Å²) in [4.78, 5) is 37.4. The van der Waals surface area contributed by atoms with Crippen LogP contribution in [0, 0.1) is 5.92 Å². The fourth-order valence-electron chi connectivity index (χ4n) is 3.09. The third-order valence-corrected chi connectivity index (χ3v) is 4.47. The summed E-state index contributed by atoms with van der Waals surface area (Å²) in [5.41, 5.74) is -0.771. The number of amides is 3. The van der Waals surface area contributed by atoms with Gasteiger partial charge in [-0.25, -0.2) is 0 Å². The van der Waals surface area contributed by atoms with Crippen LogP contribution in [-0.4, -0.2) is 48.3 Å². The minimum Gasteiger partial charge on any atom is -0.357 e. The molecule has 6 heteroatoms. The van der Waals surface area contributed by atoms with E-state index < -0.39 is 5.54 Å².